The maximum Gasteiger partial charge on any atom is 0.293 e. The number of nitrogens with zero attached hydrogens (tertiary/aromatic N) is 4. The maximum absolute atomic E-state index is 13.5. The van der Waals surface area contributed by atoms with E-state index in [1.165, 1.54) is 17.4 Å². The Kier molecular flexibility index (Phi) is 2.82. The molecule has 2 aliphatic heterocycles. The third kappa shape index (κ3) is 2.10. The number of fused-ring (bicyclic) bond motifs is 1. The number of amides is 1. The fourth-order valence-electron chi connectivity index (χ4n) is 3.27. The standard InChI is InChI=1S/C16H17FN4O/c1-16(17)9-20(10-16)15(22)14-18-13-8-7-12(21(13)19-14)11-5-3-2-4-6-11/h2-6,12H,7-10H2,1H3/t12-/m1/s1. The van der Waals surface area contributed by atoms with Crippen molar-refractivity contribution in [1.82, 2.24) is 19.7 Å². The number of halogens is 1. The summed E-state index contributed by atoms with van der Waals surface area (Å²) >= 11 is 0. The van der Waals surface area contributed by atoms with E-state index >= 15 is 0 Å². The van der Waals surface area contributed by atoms with Crippen LogP contribution in [0.2, 0.25) is 0 Å². The molecule has 5 nitrogen and oxygen atoms in total. The highest BCUT2D eigenvalue weighted by molar-refractivity contribution is 5.91. The SMILES string of the molecule is CC1(F)CN(C(=O)c2nc3n(n2)[C@@H](c2ccccc2)CC3)C1. The third-order valence-electron chi connectivity index (χ3n) is 4.34. The largest absolute Gasteiger partial charge is 0.329 e. The van der Waals surface area contributed by atoms with E-state index in [2.05, 4.69) is 22.2 Å². The molecule has 1 saturated heterocycles. The van der Waals surface area contributed by atoms with E-state index in [0.717, 1.165) is 18.7 Å². The summed E-state index contributed by atoms with van der Waals surface area (Å²) in [4.78, 5) is 18.1. The topological polar surface area (TPSA) is 51.0 Å². The number of rotatable bonds is 2. The highest BCUT2D eigenvalue weighted by Crippen LogP contribution is 2.31. The molecule has 0 spiro atoms. The van der Waals surface area contributed by atoms with Crippen molar-refractivity contribution in [2.75, 3.05) is 13.1 Å². The van der Waals surface area contributed by atoms with E-state index in [1.807, 2.05) is 22.9 Å². The highest BCUT2D eigenvalue weighted by Gasteiger charge is 2.43. The first-order valence-corrected chi connectivity index (χ1v) is 7.52. The third-order valence-corrected chi connectivity index (χ3v) is 4.34. The van der Waals surface area contributed by atoms with E-state index in [-0.39, 0.29) is 30.9 Å². The Morgan fingerprint density at radius 3 is 2.73 bits per heavy atom. The average Bonchev–Trinajstić information content (AvgIpc) is 3.04. The van der Waals surface area contributed by atoms with Gasteiger partial charge in [-0.05, 0) is 18.9 Å². The molecule has 22 heavy (non-hydrogen) atoms. The van der Waals surface area contributed by atoms with E-state index in [9.17, 15) is 9.18 Å². The molecule has 3 heterocycles. The van der Waals surface area contributed by atoms with Gasteiger partial charge in [-0.3, -0.25) is 4.79 Å². The molecular formula is C16H17FN4O. The molecule has 114 valence electrons. The zero-order valence-electron chi connectivity index (χ0n) is 12.4. The molecule has 0 saturated carbocycles. The van der Waals surface area contributed by atoms with E-state index < -0.39 is 5.67 Å². The van der Waals surface area contributed by atoms with Gasteiger partial charge in [0.1, 0.15) is 11.5 Å². The molecule has 0 radical (unpaired) electrons. The van der Waals surface area contributed by atoms with Crippen LogP contribution in [0, 0.1) is 0 Å². The molecular weight excluding hydrogens is 283 g/mol. The molecule has 2 aliphatic rings. The first-order chi connectivity index (χ1) is 10.5. The number of hydrogen-bond donors (Lipinski definition) is 0. The van der Waals surface area contributed by atoms with Crippen molar-refractivity contribution in [3.8, 4) is 0 Å². The predicted molar refractivity (Wildman–Crippen MR) is 78.3 cm³/mol. The molecule has 1 aromatic heterocycles. The van der Waals surface area contributed by atoms with Crippen molar-refractivity contribution < 1.29 is 9.18 Å². The molecule has 0 bridgehead atoms. The fraction of sp³-hybridized carbons (Fsp3) is 0.438. The quantitative estimate of drug-likeness (QED) is 0.852. The minimum Gasteiger partial charge on any atom is -0.329 e. The van der Waals surface area contributed by atoms with Crippen LogP contribution in [-0.2, 0) is 6.42 Å². The summed E-state index contributed by atoms with van der Waals surface area (Å²) in [6.45, 7) is 1.75. The van der Waals surface area contributed by atoms with Gasteiger partial charge in [-0.2, -0.15) is 0 Å². The number of likely N-dealkylation sites (tertiary alicyclic amines) is 1. The second-order valence-corrected chi connectivity index (χ2v) is 6.34. The van der Waals surface area contributed by atoms with E-state index in [1.54, 1.807) is 0 Å². The van der Waals surface area contributed by atoms with Crippen LogP contribution in [0.1, 0.15) is 41.4 Å². The van der Waals surface area contributed by atoms with Gasteiger partial charge < -0.3 is 4.90 Å². The van der Waals surface area contributed by atoms with Gasteiger partial charge in [0.25, 0.3) is 5.91 Å². The maximum atomic E-state index is 13.5. The summed E-state index contributed by atoms with van der Waals surface area (Å²) in [5.74, 6) is 0.746. The zero-order chi connectivity index (χ0) is 15.3. The molecule has 1 fully saturated rings. The normalized spacial score (nSPS) is 22.3. The van der Waals surface area contributed by atoms with Gasteiger partial charge in [0.05, 0.1) is 19.1 Å². The van der Waals surface area contributed by atoms with Crippen molar-refractivity contribution in [2.45, 2.75) is 31.5 Å². The van der Waals surface area contributed by atoms with Crippen LogP contribution in [0.3, 0.4) is 0 Å². The second kappa shape index (κ2) is 4.63. The van der Waals surface area contributed by atoms with E-state index in [4.69, 9.17) is 0 Å². The van der Waals surface area contributed by atoms with Crippen LogP contribution in [0.4, 0.5) is 4.39 Å². The minimum absolute atomic E-state index is 0.123. The van der Waals surface area contributed by atoms with Crippen molar-refractivity contribution >= 4 is 5.91 Å². The van der Waals surface area contributed by atoms with Crippen LogP contribution in [-0.4, -0.2) is 44.3 Å². The average molecular weight is 300 g/mol. The van der Waals surface area contributed by atoms with Crippen molar-refractivity contribution in [1.29, 1.82) is 0 Å². The van der Waals surface area contributed by atoms with Crippen LogP contribution < -0.4 is 0 Å². The van der Waals surface area contributed by atoms with E-state index in [0.29, 0.717) is 0 Å². The summed E-state index contributed by atoms with van der Waals surface area (Å²) in [7, 11) is 0. The van der Waals surface area contributed by atoms with Gasteiger partial charge in [-0.1, -0.05) is 30.3 Å². The van der Waals surface area contributed by atoms with Gasteiger partial charge in [-0.25, -0.2) is 14.1 Å². The summed E-state index contributed by atoms with van der Waals surface area (Å²) in [5, 5.41) is 4.39. The Labute approximate surface area is 127 Å². The number of aromatic nitrogens is 3. The lowest BCUT2D eigenvalue weighted by molar-refractivity contribution is -0.00866. The minimum atomic E-state index is -1.27. The second-order valence-electron chi connectivity index (χ2n) is 6.34. The molecule has 0 unspecified atom stereocenters. The van der Waals surface area contributed by atoms with Gasteiger partial charge in [-0.15, -0.1) is 5.10 Å². The number of hydrogen-bond acceptors (Lipinski definition) is 3. The van der Waals surface area contributed by atoms with Crippen LogP contribution in [0.25, 0.3) is 0 Å². The van der Waals surface area contributed by atoms with Gasteiger partial charge in [0, 0.05) is 6.42 Å². The lowest BCUT2D eigenvalue weighted by Gasteiger charge is -2.41. The zero-order valence-corrected chi connectivity index (χ0v) is 12.4. The molecule has 4 rings (SSSR count). The molecule has 1 amide bonds. The highest BCUT2D eigenvalue weighted by atomic mass is 19.1. The van der Waals surface area contributed by atoms with Crippen LogP contribution >= 0.6 is 0 Å². The van der Waals surface area contributed by atoms with Crippen LogP contribution in [0.15, 0.2) is 30.3 Å². The fourth-order valence-corrected chi connectivity index (χ4v) is 3.27. The molecule has 6 heteroatoms. The smallest absolute Gasteiger partial charge is 0.293 e. The van der Waals surface area contributed by atoms with Crippen molar-refractivity contribution in [3.63, 3.8) is 0 Å². The lowest BCUT2D eigenvalue weighted by atomic mass is 9.99. The summed E-state index contributed by atoms with van der Waals surface area (Å²) in [5.41, 5.74) is -0.101. The molecule has 0 aliphatic carbocycles. The Balaban J connectivity index is 1.58. The summed E-state index contributed by atoms with van der Waals surface area (Å²) < 4.78 is 15.4. The van der Waals surface area contributed by atoms with Crippen LogP contribution in [0.5, 0.6) is 0 Å². The Hall–Kier alpha value is -2.24. The molecule has 1 atom stereocenters. The lowest BCUT2D eigenvalue weighted by Crippen LogP contribution is -2.59. The monoisotopic (exact) mass is 300 g/mol. The Morgan fingerprint density at radius 2 is 2.05 bits per heavy atom. The Bertz CT molecular complexity index is 717. The molecule has 1 aromatic carbocycles. The summed E-state index contributed by atoms with van der Waals surface area (Å²) in [6.07, 6.45) is 1.75. The van der Waals surface area contributed by atoms with Gasteiger partial charge in [0.15, 0.2) is 0 Å². The number of aryl methyl sites for hydroxylation is 1. The first kappa shape index (κ1) is 13.4. The first-order valence-electron chi connectivity index (χ1n) is 7.52. The van der Waals surface area contributed by atoms with Crippen molar-refractivity contribution in [2.24, 2.45) is 0 Å². The number of carbonyl (C=O) groups excluding carboxylic acids is 1. The molecule has 0 N–H and O–H groups in total. The number of alkyl halides is 1. The Morgan fingerprint density at radius 1 is 1.32 bits per heavy atom. The van der Waals surface area contributed by atoms with Gasteiger partial charge in [0.2, 0.25) is 5.82 Å². The predicted octanol–water partition coefficient (Wildman–Crippen LogP) is 2.00. The van der Waals surface area contributed by atoms with Crippen molar-refractivity contribution in [3.05, 3.63) is 47.5 Å². The van der Waals surface area contributed by atoms with Gasteiger partial charge >= 0.3 is 0 Å². The summed E-state index contributed by atoms with van der Waals surface area (Å²) in [6, 6.07) is 10.2. The molecule has 2 aromatic rings. The number of carbonyl (C=O) groups is 1. The number of benzene rings is 1.